The van der Waals surface area contributed by atoms with E-state index in [4.69, 9.17) is 0 Å². The van der Waals surface area contributed by atoms with Crippen molar-refractivity contribution in [3.8, 4) is 0 Å². The largest absolute Gasteiger partial charge is 0.346 e. The molecule has 0 aromatic carbocycles. The smallest absolute Gasteiger partial charge is 0.211 e. The summed E-state index contributed by atoms with van der Waals surface area (Å²) in [7, 11) is -3.19. The molecule has 3 aromatic rings. The Hall–Kier alpha value is -2.25. The van der Waals surface area contributed by atoms with Gasteiger partial charge in [0.15, 0.2) is 0 Å². The van der Waals surface area contributed by atoms with E-state index < -0.39 is 10.0 Å². The number of aromatic amines is 1. The third kappa shape index (κ3) is 2.42. The molecule has 118 valence electrons. The minimum Gasteiger partial charge on any atom is -0.346 e. The van der Waals surface area contributed by atoms with Crippen molar-refractivity contribution in [2.24, 2.45) is 0 Å². The van der Waals surface area contributed by atoms with Crippen molar-refractivity contribution in [1.29, 1.82) is 0 Å². The average Bonchev–Trinajstić information content (AvgIpc) is 3.02. The summed E-state index contributed by atoms with van der Waals surface area (Å²) in [6.45, 7) is 0.929. The van der Waals surface area contributed by atoms with E-state index in [1.54, 1.807) is 12.4 Å². The van der Waals surface area contributed by atoms with Crippen LogP contribution in [0.3, 0.4) is 0 Å². The first-order valence-electron chi connectivity index (χ1n) is 7.39. The Kier molecular flexibility index (Phi) is 3.21. The van der Waals surface area contributed by atoms with Crippen LogP contribution in [-0.4, -0.2) is 47.0 Å². The van der Waals surface area contributed by atoms with Crippen LogP contribution >= 0.6 is 0 Å². The fourth-order valence-electron chi connectivity index (χ4n) is 3.12. The maximum absolute atomic E-state index is 11.9. The van der Waals surface area contributed by atoms with Crippen LogP contribution in [0.25, 0.3) is 27.5 Å². The van der Waals surface area contributed by atoms with E-state index in [-0.39, 0.29) is 0 Å². The lowest BCUT2D eigenvalue weighted by Crippen LogP contribution is -2.34. The van der Waals surface area contributed by atoms with Crippen LogP contribution in [0, 0.1) is 0 Å². The van der Waals surface area contributed by atoms with Crippen LogP contribution in [-0.2, 0) is 10.0 Å². The lowest BCUT2D eigenvalue weighted by Gasteiger charge is -2.25. The molecule has 3 aromatic heterocycles. The quantitative estimate of drug-likeness (QED) is 0.782. The van der Waals surface area contributed by atoms with E-state index >= 15 is 0 Å². The number of rotatable bonds is 2. The zero-order chi connectivity index (χ0) is 16.0. The first-order chi connectivity index (χ1) is 11.0. The summed E-state index contributed by atoms with van der Waals surface area (Å²) in [4.78, 5) is 11.9. The van der Waals surface area contributed by atoms with Gasteiger partial charge < -0.3 is 4.98 Å². The molecule has 0 atom stereocenters. The molecule has 1 aliphatic heterocycles. The van der Waals surface area contributed by atoms with Crippen molar-refractivity contribution < 1.29 is 8.42 Å². The topological polar surface area (TPSA) is 79.0 Å². The van der Waals surface area contributed by atoms with Gasteiger partial charge in [-0.3, -0.25) is 4.98 Å². The Morgan fingerprint density at radius 3 is 2.96 bits per heavy atom. The molecule has 4 heterocycles. The van der Waals surface area contributed by atoms with Crippen LogP contribution < -0.4 is 0 Å². The molecule has 7 heteroatoms. The van der Waals surface area contributed by atoms with Crippen LogP contribution in [0.1, 0.15) is 12.0 Å². The van der Waals surface area contributed by atoms with Gasteiger partial charge >= 0.3 is 0 Å². The van der Waals surface area contributed by atoms with Gasteiger partial charge in [0.05, 0.1) is 18.0 Å². The fourth-order valence-corrected chi connectivity index (χ4v) is 3.93. The van der Waals surface area contributed by atoms with Crippen LogP contribution in [0.2, 0.25) is 0 Å². The maximum atomic E-state index is 11.9. The fraction of sp³-hybridized carbons (Fsp3) is 0.250. The van der Waals surface area contributed by atoms with E-state index in [1.165, 1.54) is 10.6 Å². The molecule has 0 fully saturated rings. The molecule has 0 spiro atoms. The summed E-state index contributed by atoms with van der Waals surface area (Å²) < 4.78 is 25.3. The Bertz CT molecular complexity index is 1040. The number of pyridine rings is 2. The van der Waals surface area contributed by atoms with Crippen molar-refractivity contribution in [3.05, 3.63) is 42.4 Å². The minimum absolute atomic E-state index is 0.395. The Morgan fingerprint density at radius 2 is 2.13 bits per heavy atom. The maximum Gasteiger partial charge on any atom is 0.211 e. The third-order valence-corrected chi connectivity index (χ3v) is 5.47. The van der Waals surface area contributed by atoms with Gasteiger partial charge in [-0.15, -0.1) is 0 Å². The van der Waals surface area contributed by atoms with Crippen molar-refractivity contribution in [3.63, 3.8) is 0 Å². The normalized spacial score (nSPS) is 16.8. The molecule has 0 amide bonds. The SMILES string of the molecule is CS(=O)(=O)N1CCC=C(c2ccnc3cnc4[nH]ccc4c23)C1. The number of hydrogen-bond donors (Lipinski definition) is 1. The lowest BCUT2D eigenvalue weighted by atomic mass is 9.98. The number of nitrogens with zero attached hydrogens (tertiary/aromatic N) is 3. The number of aromatic nitrogens is 3. The molecular formula is C16H16N4O2S. The molecule has 0 radical (unpaired) electrons. The Morgan fingerprint density at radius 1 is 1.26 bits per heavy atom. The van der Waals surface area contributed by atoms with E-state index in [2.05, 4.69) is 21.0 Å². The highest BCUT2D eigenvalue weighted by atomic mass is 32.2. The predicted molar refractivity (Wildman–Crippen MR) is 90.4 cm³/mol. The predicted octanol–water partition coefficient (Wildman–Crippen LogP) is 2.16. The summed E-state index contributed by atoms with van der Waals surface area (Å²) in [5.41, 5.74) is 3.66. The van der Waals surface area contributed by atoms with Crippen molar-refractivity contribution >= 4 is 37.5 Å². The van der Waals surface area contributed by atoms with E-state index in [1.807, 2.05) is 18.3 Å². The molecule has 0 bridgehead atoms. The Balaban J connectivity index is 1.92. The number of H-pyrrole nitrogens is 1. The average molecular weight is 328 g/mol. The second kappa shape index (κ2) is 5.14. The van der Waals surface area contributed by atoms with Crippen molar-refractivity contribution in [2.75, 3.05) is 19.3 Å². The molecule has 0 saturated heterocycles. The number of sulfonamides is 1. The molecule has 0 saturated carbocycles. The molecule has 6 nitrogen and oxygen atoms in total. The van der Waals surface area contributed by atoms with Gasteiger partial charge in [0.1, 0.15) is 5.65 Å². The van der Waals surface area contributed by atoms with Gasteiger partial charge in [-0.2, -0.15) is 4.31 Å². The van der Waals surface area contributed by atoms with E-state index in [0.717, 1.165) is 33.1 Å². The van der Waals surface area contributed by atoms with Gasteiger partial charge in [0, 0.05) is 36.3 Å². The number of hydrogen-bond acceptors (Lipinski definition) is 4. The summed E-state index contributed by atoms with van der Waals surface area (Å²) in [6.07, 6.45) is 9.44. The second-order valence-electron chi connectivity index (χ2n) is 5.73. The van der Waals surface area contributed by atoms with Gasteiger partial charge in [0.2, 0.25) is 10.0 Å². The van der Waals surface area contributed by atoms with Crippen molar-refractivity contribution in [2.45, 2.75) is 6.42 Å². The van der Waals surface area contributed by atoms with Crippen LogP contribution in [0.5, 0.6) is 0 Å². The summed E-state index contributed by atoms with van der Waals surface area (Å²) in [5, 5.41) is 2.02. The van der Waals surface area contributed by atoms with Crippen LogP contribution in [0.15, 0.2) is 36.8 Å². The molecule has 4 rings (SSSR count). The molecule has 1 N–H and O–H groups in total. The van der Waals surface area contributed by atoms with E-state index in [0.29, 0.717) is 19.5 Å². The summed E-state index contributed by atoms with van der Waals surface area (Å²) >= 11 is 0. The molecular weight excluding hydrogens is 312 g/mol. The van der Waals surface area contributed by atoms with Crippen LogP contribution in [0.4, 0.5) is 0 Å². The zero-order valence-electron chi connectivity index (χ0n) is 12.7. The first kappa shape index (κ1) is 14.3. The zero-order valence-corrected chi connectivity index (χ0v) is 13.5. The second-order valence-corrected chi connectivity index (χ2v) is 7.71. The van der Waals surface area contributed by atoms with E-state index in [9.17, 15) is 8.42 Å². The molecule has 0 aliphatic carbocycles. The van der Waals surface area contributed by atoms with Crippen molar-refractivity contribution in [1.82, 2.24) is 19.3 Å². The minimum atomic E-state index is -3.19. The van der Waals surface area contributed by atoms with Gasteiger partial charge in [-0.05, 0) is 29.7 Å². The Labute approximate surface area is 133 Å². The highest BCUT2D eigenvalue weighted by Crippen LogP contribution is 2.31. The standard InChI is InChI=1S/C16H16N4O2S/c1-23(21,22)20-8-2-3-11(10-20)12-4-6-17-14-9-19-16-13(15(12)14)5-7-18-16/h3-7,9H,2,8,10H2,1H3,(H,18,19). The highest BCUT2D eigenvalue weighted by molar-refractivity contribution is 7.88. The van der Waals surface area contributed by atoms with Gasteiger partial charge in [0.25, 0.3) is 0 Å². The molecule has 1 aliphatic rings. The monoisotopic (exact) mass is 328 g/mol. The lowest BCUT2D eigenvalue weighted by molar-refractivity contribution is 0.448. The van der Waals surface area contributed by atoms with Gasteiger partial charge in [-0.25, -0.2) is 13.4 Å². The first-order valence-corrected chi connectivity index (χ1v) is 9.24. The summed E-state index contributed by atoms with van der Waals surface area (Å²) in [6, 6.07) is 3.93. The third-order valence-electron chi connectivity index (χ3n) is 4.22. The molecule has 23 heavy (non-hydrogen) atoms. The summed E-state index contributed by atoms with van der Waals surface area (Å²) in [5.74, 6) is 0. The number of nitrogens with one attached hydrogen (secondary N) is 1. The number of fused-ring (bicyclic) bond motifs is 3. The molecule has 0 unspecified atom stereocenters. The van der Waals surface area contributed by atoms with Gasteiger partial charge in [-0.1, -0.05) is 6.08 Å². The highest BCUT2D eigenvalue weighted by Gasteiger charge is 2.23.